The number of amides is 2. The molecule has 1 aliphatic carbocycles. The molecule has 0 spiro atoms. The Hall–Kier alpha value is -0.710. The molecule has 1 saturated heterocycles. The van der Waals surface area contributed by atoms with Gasteiger partial charge < -0.3 is 10.2 Å². The lowest BCUT2D eigenvalue weighted by Crippen LogP contribution is -2.75. The van der Waals surface area contributed by atoms with Crippen LogP contribution in [0.15, 0.2) is 0 Å². The average molecular weight is 298 g/mol. The highest BCUT2D eigenvalue weighted by Gasteiger charge is 2.59. The Morgan fingerprint density at radius 3 is 2.35 bits per heavy atom. The summed E-state index contributed by atoms with van der Waals surface area (Å²) in [6.45, 7) is 6.58. The standard InChI is InChI=1S/C15H26N2O2S/c1-5-15(6-2)12(18)16-14(3,11-7-8-11)13(19)17(15)9-10-20-4/h11H,5-10H2,1-4H3,(H,16,18). The average Bonchev–Trinajstić information content (AvgIpc) is 3.26. The molecular weight excluding hydrogens is 272 g/mol. The van der Waals surface area contributed by atoms with E-state index >= 15 is 0 Å². The largest absolute Gasteiger partial charge is 0.340 e. The Labute approximate surface area is 126 Å². The van der Waals surface area contributed by atoms with Crippen molar-refractivity contribution in [3.05, 3.63) is 0 Å². The number of hydrogen-bond acceptors (Lipinski definition) is 3. The van der Waals surface area contributed by atoms with E-state index in [4.69, 9.17) is 0 Å². The molecule has 0 aromatic rings. The highest BCUT2D eigenvalue weighted by Crippen LogP contribution is 2.44. The molecule has 2 amide bonds. The second-order valence-corrected chi connectivity index (χ2v) is 7.10. The maximum absolute atomic E-state index is 13.0. The van der Waals surface area contributed by atoms with E-state index in [1.165, 1.54) is 0 Å². The van der Waals surface area contributed by atoms with Crippen LogP contribution in [0.3, 0.4) is 0 Å². The summed E-state index contributed by atoms with van der Waals surface area (Å²) in [6.07, 6.45) is 5.48. The summed E-state index contributed by atoms with van der Waals surface area (Å²) < 4.78 is 0. The maximum Gasteiger partial charge on any atom is 0.249 e. The fourth-order valence-corrected chi connectivity index (χ4v) is 3.76. The fraction of sp³-hybridized carbons (Fsp3) is 0.867. The molecule has 2 aliphatic rings. The summed E-state index contributed by atoms with van der Waals surface area (Å²) in [5, 5.41) is 3.07. The Bertz CT molecular complexity index is 405. The monoisotopic (exact) mass is 298 g/mol. The number of hydrogen-bond donors (Lipinski definition) is 1. The predicted octanol–water partition coefficient (Wildman–Crippen LogP) is 2.04. The zero-order chi connectivity index (χ0) is 15.0. The third kappa shape index (κ3) is 2.24. The van der Waals surface area contributed by atoms with Gasteiger partial charge in [-0.15, -0.1) is 0 Å². The molecule has 5 heteroatoms. The molecule has 0 aromatic heterocycles. The third-order valence-electron chi connectivity index (χ3n) is 5.08. The van der Waals surface area contributed by atoms with E-state index in [1.54, 1.807) is 11.8 Å². The molecule has 0 bridgehead atoms. The topological polar surface area (TPSA) is 49.4 Å². The van der Waals surface area contributed by atoms with Gasteiger partial charge in [0.2, 0.25) is 11.8 Å². The Morgan fingerprint density at radius 2 is 1.90 bits per heavy atom. The smallest absolute Gasteiger partial charge is 0.249 e. The van der Waals surface area contributed by atoms with Crippen LogP contribution in [0.25, 0.3) is 0 Å². The fourth-order valence-electron chi connectivity index (χ4n) is 3.39. The van der Waals surface area contributed by atoms with Crippen molar-refractivity contribution in [3.8, 4) is 0 Å². The van der Waals surface area contributed by atoms with E-state index in [9.17, 15) is 9.59 Å². The molecule has 2 rings (SSSR count). The summed E-state index contributed by atoms with van der Waals surface area (Å²) in [4.78, 5) is 27.6. The summed E-state index contributed by atoms with van der Waals surface area (Å²) in [5.41, 5.74) is -1.33. The minimum atomic E-state index is -0.677. The van der Waals surface area contributed by atoms with E-state index in [-0.39, 0.29) is 11.8 Å². The number of nitrogens with zero attached hydrogens (tertiary/aromatic N) is 1. The number of carbonyl (C=O) groups is 2. The van der Waals surface area contributed by atoms with Crippen molar-refractivity contribution in [1.82, 2.24) is 10.2 Å². The van der Waals surface area contributed by atoms with Crippen LogP contribution in [0, 0.1) is 5.92 Å². The van der Waals surface area contributed by atoms with E-state index in [2.05, 4.69) is 5.32 Å². The van der Waals surface area contributed by atoms with Gasteiger partial charge in [-0.25, -0.2) is 0 Å². The van der Waals surface area contributed by atoms with Crippen molar-refractivity contribution < 1.29 is 9.59 Å². The molecule has 1 atom stereocenters. The number of piperazine rings is 1. The van der Waals surface area contributed by atoms with E-state index in [0.29, 0.717) is 25.3 Å². The highest BCUT2D eigenvalue weighted by molar-refractivity contribution is 7.98. The summed E-state index contributed by atoms with van der Waals surface area (Å²) >= 11 is 1.72. The van der Waals surface area contributed by atoms with Gasteiger partial charge in [-0.05, 0) is 44.8 Å². The molecule has 4 nitrogen and oxygen atoms in total. The minimum Gasteiger partial charge on any atom is -0.340 e. The SMILES string of the molecule is CCC1(CC)C(=O)NC(C)(C2CC2)C(=O)N1CCSC. The van der Waals surface area contributed by atoms with Gasteiger partial charge in [0.25, 0.3) is 0 Å². The van der Waals surface area contributed by atoms with Crippen LogP contribution in [0.1, 0.15) is 46.5 Å². The maximum atomic E-state index is 13.0. The van der Waals surface area contributed by atoms with E-state index < -0.39 is 11.1 Å². The zero-order valence-corrected chi connectivity index (χ0v) is 13.8. The summed E-state index contributed by atoms with van der Waals surface area (Å²) in [6, 6.07) is 0. The first-order chi connectivity index (χ1) is 9.46. The Balaban J connectivity index is 2.35. The van der Waals surface area contributed by atoms with Crippen LogP contribution in [0.2, 0.25) is 0 Å². The van der Waals surface area contributed by atoms with Crippen LogP contribution in [0.4, 0.5) is 0 Å². The van der Waals surface area contributed by atoms with Crippen molar-refractivity contribution in [2.75, 3.05) is 18.6 Å². The Morgan fingerprint density at radius 1 is 1.30 bits per heavy atom. The van der Waals surface area contributed by atoms with Crippen molar-refractivity contribution in [2.45, 2.75) is 57.5 Å². The van der Waals surface area contributed by atoms with Gasteiger partial charge in [0.05, 0.1) is 0 Å². The first-order valence-corrected chi connectivity index (χ1v) is 8.99. The number of carbonyl (C=O) groups excluding carboxylic acids is 2. The first-order valence-electron chi connectivity index (χ1n) is 7.60. The van der Waals surface area contributed by atoms with Gasteiger partial charge in [0.15, 0.2) is 0 Å². The quantitative estimate of drug-likeness (QED) is 0.816. The molecule has 1 aliphatic heterocycles. The van der Waals surface area contributed by atoms with Crippen LogP contribution in [-0.4, -0.2) is 46.3 Å². The molecule has 2 fully saturated rings. The second kappa shape index (κ2) is 5.58. The van der Waals surface area contributed by atoms with Crippen molar-refractivity contribution >= 4 is 23.6 Å². The van der Waals surface area contributed by atoms with Crippen molar-refractivity contribution in [3.63, 3.8) is 0 Å². The second-order valence-electron chi connectivity index (χ2n) is 6.12. The van der Waals surface area contributed by atoms with Crippen LogP contribution in [-0.2, 0) is 9.59 Å². The minimum absolute atomic E-state index is 0.0394. The van der Waals surface area contributed by atoms with Crippen molar-refractivity contribution in [1.29, 1.82) is 0 Å². The number of rotatable bonds is 6. The van der Waals surface area contributed by atoms with E-state index in [0.717, 1.165) is 18.6 Å². The predicted molar refractivity (Wildman–Crippen MR) is 82.7 cm³/mol. The van der Waals surface area contributed by atoms with Gasteiger partial charge in [0.1, 0.15) is 11.1 Å². The lowest BCUT2D eigenvalue weighted by Gasteiger charge is -2.51. The molecule has 1 saturated carbocycles. The van der Waals surface area contributed by atoms with Crippen LogP contribution < -0.4 is 5.32 Å². The third-order valence-corrected chi connectivity index (χ3v) is 5.68. The molecule has 114 valence electrons. The van der Waals surface area contributed by atoms with Crippen LogP contribution >= 0.6 is 11.8 Å². The molecule has 0 radical (unpaired) electrons. The molecule has 20 heavy (non-hydrogen) atoms. The van der Waals surface area contributed by atoms with Gasteiger partial charge >= 0.3 is 0 Å². The molecule has 1 unspecified atom stereocenters. The first kappa shape index (κ1) is 15.7. The van der Waals surface area contributed by atoms with Crippen molar-refractivity contribution in [2.24, 2.45) is 5.92 Å². The number of nitrogens with one attached hydrogen (secondary N) is 1. The zero-order valence-electron chi connectivity index (χ0n) is 13.0. The van der Waals surface area contributed by atoms with Gasteiger partial charge in [-0.2, -0.15) is 11.8 Å². The lowest BCUT2D eigenvalue weighted by atomic mass is 9.80. The van der Waals surface area contributed by atoms with Gasteiger partial charge in [-0.1, -0.05) is 13.8 Å². The lowest BCUT2D eigenvalue weighted by molar-refractivity contribution is -0.164. The van der Waals surface area contributed by atoms with Crippen LogP contribution in [0.5, 0.6) is 0 Å². The number of thioether (sulfide) groups is 1. The molecule has 1 heterocycles. The normalized spacial score (nSPS) is 29.5. The van der Waals surface area contributed by atoms with E-state index in [1.807, 2.05) is 31.9 Å². The molecule has 0 aromatic carbocycles. The van der Waals surface area contributed by atoms with Gasteiger partial charge in [-0.3, -0.25) is 9.59 Å². The summed E-state index contributed by atoms with van der Waals surface area (Å²) in [5.74, 6) is 1.36. The Kier molecular flexibility index (Phi) is 4.38. The summed E-state index contributed by atoms with van der Waals surface area (Å²) in [7, 11) is 0. The molecular formula is C15H26N2O2S. The van der Waals surface area contributed by atoms with Gasteiger partial charge in [0, 0.05) is 12.3 Å². The molecule has 1 N–H and O–H groups in total. The highest BCUT2D eigenvalue weighted by atomic mass is 32.2.